The molecule has 1 unspecified atom stereocenters. The standard InChI is InChI=1S/C11H22N4O3/c1-8-7-14(10(16)18-11(2,3)4)5-6-15(8)9(12)13-17/h8,17H,5-7H2,1-4H3,(H2,12,13). The number of rotatable bonds is 0. The van der Waals surface area contributed by atoms with Crippen LogP contribution in [0.5, 0.6) is 0 Å². The zero-order valence-corrected chi connectivity index (χ0v) is 11.4. The molecule has 0 aromatic carbocycles. The molecule has 1 heterocycles. The summed E-state index contributed by atoms with van der Waals surface area (Å²) in [4.78, 5) is 15.2. The molecule has 0 aromatic heterocycles. The van der Waals surface area contributed by atoms with Gasteiger partial charge in [-0.3, -0.25) is 10.6 Å². The van der Waals surface area contributed by atoms with Crippen molar-refractivity contribution in [3.05, 3.63) is 0 Å². The monoisotopic (exact) mass is 258 g/mol. The molecule has 3 N–H and O–H groups in total. The second-order valence-corrected chi connectivity index (χ2v) is 5.43. The Balaban J connectivity index is 2.55. The average molecular weight is 258 g/mol. The number of amides is 1. The first-order valence-corrected chi connectivity index (χ1v) is 5.98. The molecule has 1 rings (SSSR count). The van der Waals surface area contributed by atoms with Crippen molar-refractivity contribution >= 4 is 12.1 Å². The zero-order valence-electron chi connectivity index (χ0n) is 11.4. The van der Waals surface area contributed by atoms with Gasteiger partial charge in [0, 0.05) is 25.7 Å². The van der Waals surface area contributed by atoms with Crippen LogP contribution in [0.1, 0.15) is 27.7 Å². The topological polar surface area (TPSA) is 88.9 Å². The lowest BCUT2D eigenvalue weighted by Gasteiger charge is -2.40. The highest BCUT2D eigenvalue weighted by Crippen LogP contribution is 2.14. The molecular formula is C11H22N4O3. The van der Waals surface area contributed by atoms with E-state index in [1.54, 1.807) is 9.80 Å². The normalized spacial score (nSPS) is 20.6. The van der Waals surface area contributed by atoms with Crippen LogP contribution in [0.2, 0.25) is 0 Å². The van der Waals surface area contributed by atoms with Gasteiger partial charge in [-0.15, -0.1) is 0 Å². The highest BCUT2D eigenvalue weighted by Gasteiger charge is 2.30. The smallest absolute Gasteiger partial charge is 0.410 e. The van der Waals surface area contributed by atoms with E-state index in [1.165, 1.54) is 0 Å². The molecule has 1 amide bonds. The van der Waals surface area contributed by atoms with E-state index in [9.17, 15) is 4.79 Å². The Morgan fingerprint density at radius 1 is 1.44 bits per heavy atom. The fourth-order valence-corrected chi connectivity index (χ4v) is 1.85. The van der Waals surface area contributed by atoms with Crippen molar-refractivity contribution in [3.8, 4) is 0 Å². The number of carbonyl (C=O) groups is 1. The second-order valence-electron chi connectivity index (χ2n) is 5.43. The quantitative estimate of drug-likeness (QED) is 0.340. The fraction of sp³-hybridized carbons (Fsp3) is 0.818. The summed E-state index contributed by atoms with van der Waals surface area (Å²) in [5.74, 6) is -0.0497. The van der Waals surface area contributed by atoms with Gasteiger partial charge in [0.05, 0.1) is 0 Å². The van der Waals surface area contributed by atoms with Crippen molar-refractivity contribution in [1.29, 1.82) is 5.41 Å². The van der Waals surface area contributed by atoms with E-state index in [-0.39, 0.29) is 18.1 Å². The van der Waals surface area contributed by atoms with Crippen molar-refractivity contribution < 1.29 is 14.7 Å². The molecule has 0 saturated carbocycles. The molecule has 0 radical (unpaired) electrons. The third-order valence-corrected chi connectivity index (χ3v) is 2.67. The summed E-state index contributed by atoms with van der Waals surface area (Å²) in [7, 11) is 0. The number of piperazine rings is 1. The van der Waals surface area contributed by atoms with Crippen molar-refractivity contribution in [2.75, 3.05) is 19.6 Å². The molecule has 7 nitrogen and oxygen atoms in total. The van der Waals surface area contributed by atoms with Crippen LogP contribution in [-0.2, 0) is 4.74 Å². The molecule has 1 aliphatic heterocycles. The Kier molecular flexibility index (Phi) is 4.39. The first-order valence-electron chi connectivity index (χ1n) is 5.98. The zero-order chi connectivity index (χ0) is 13.9. The van der Waals surface area contributed by atoms with Crippen molar-refractivity contribution in [3.63, 3.8) is 0 Å². The summed E-state index contributed by atoms with van der Waals surface area (Å²) in [5.41, 5.74) is 1.32. The number of nitrogens with zero attached hydrogens (tertiary/aromatic N) is 2. The third-order valence-electron chi connectivity index (χ3n) is 2.67. The third kappa shape index (κ3) is 3.76. The maximum absolute atomic E-state index is 11.9. The number of hydrogen-bond donors (Lipinski definition) is 3. The Bertz CT molecular complexity index is 327. The van der Waals surface area contributed by atoms with E-state index >= 15 is 0 Å². The van der Waals surface area contributed by atoms with Gasteiger partial charge in [0.15, 0.2) is 0 Å². The van der Waals surface area contributed by atoms with Crippen molar-refractivity contribution in [1.82, 2.24) is 15.3 Å². The van der Waals surface area contributed by atoms with E-state index in [1.807, 2.05) is 33.2 Å². The number of carbonyl (C=O) groups excluding carboxylic acids is 1. The highest BCUT2D eigenvalue weighted by atomic mass is 16.6. The van der Waals surface area contributed by atoms with Crippen LogP contribution in [0.4, 0.5) is 4.79 Å². The summed E-state index contributed by atoms with van der Waals surface area (Å²) < 4.78 is 5.30. The maximum Gasteiger partial charge on any atom is 0.410 e. The molecule has 7 heteroatoms. The fourth-order valence-electron chi connectivity index (χ4n) is 1.85. The van der Waals surface area contributed by atoms with E-state index < -0.39 is 5.60 Å². The average Bonchev–Trinajstić information content (AvgIpc) is 2.25. The number of ether oxygens (including phenoxy) is 1. The summed E-state index contributed by atoms with van der Waals surface area (Å²) in [6.45, 7) is 8.82. The van der Waals surface area contributed by atoms with Crippen LogP contribution in [0.15, 0.2) is 0 Å². The van der Waals surface area contributed by atoms with Gasteiger partial charge < -0.3 is 14.5 Å². The Morgan fingerprint density at radius 3 is 2.50 bits per heavy atom. The Morgan fingerprint density at radius 2 is 2.06 bits per heavy atom. The predicted molar refractivity (Wildman–Crippen MR) is 66.6 cm³/mol. The van der Waals surface area contributed by atoms with E-state index in [0.29, 0.717) is 19.6 Å². The molecule has 1 saturated heterocycles. The molecule has 1 aliphatic rings. The van der Waals surface area contributed by atoms with Gasteiger partial charge in [-0.25, -0.2) is 10.3 Å². The number of guanidine groups is 1. The van der Waals surface area contributed by atoms with E-state index in [0.717, 1.165) is 0 Å². The largest absolute Gasteiger partial charge is 0.444 e. The minimum atomic E-state index is -0.503. The van der Waals surface area contributed by atoms with E-state index in [4.69, 9.17) is 15.4 Å². The maximum atomic E-state index is 11.9. The van der Waals surface area contributed by atoms with Gasteiger partial charge in [-0.2, -0.15) is 0 Å². The molecule has 0 spiro atoms. The first-order chi connectivity index (χ1) is 8.24. The minimum Gasteiger partial charge on any atom is -0.444 e. The molecular weight excluding hydrogens is 236 g/mol. The van der Waals surface area contributed by atoms with Crippen LogP contribution < -0.4 is 5.48 Å². The lowest BCUT2D eigenvalue weighted by atomic mass is 10.2. The highest BCUT2D eigenvalue weighted by molar-refractivity contribution is 5.76. The summed E-state index contributed by atoms with van der Waals surface area (Å²) >= 11 is 0. The SMILES string of the molecule is CC1CN(C(=O)OC(C)(C)C)CCN1C(=N)NO. The van der Waals surface area contributed by atoms with Gasteiger partial charge in [0.2, 0.25) is 5.96 Å². The van der Waals surface area contributed by atoms with Crippen LogP contribution in [-0.4, -0.2) is 58.3 Å². The van der Waals surface area contributed by atoms with Gasteiger partial charge in [0.25, 0.3) is 0 Å². The van der Waals surface area contributed by atoms with Crippen molar-refractivity contribution in [2.45, 2.75) is 39.3 Å². The van der Waals surface area contributed by atoms with Crippen LogP contribution in [0.25, 0.3) is 0 Å². The van der Waals surface area contributed by atoms with Crippen molar-refractivity contribution in [2.24, 2.45) is 0 Å². The first kappa shape index (κ1) is 14.6. The molecule has 0 aliphatic carbocycles. The number of hydroxylamine groups is 1. The molecule has 18 heavy (non-hydrogen) atoms. The van der Waals surface area contributed by atoms with Gasteiger partial charge in [0.1, 0.15) is 5.60 Å². The van der Waals surface area contributed by atoms with Crippen LogP contribution in [0.3, 0.4) is 0 Å². The number of hydrogen-bond acceptors (Lipinski definition) is 4. The lowest BCUT2D eigenvalue weighted by molar-refractivity contribution is 0.0122. The molecule has 1 fully saturated rings. The van der Waals surface area contributed by atoms with Gasteiger partial charge in [-0.05, 0) is 27.7 Å². The summed E-state index contributed by atoms with van der Waals surface area (Å²) in [5, 5.41) is 16.2. The van der Waals surface area contributed by atoms with Gasteiger partial charge >= 0.3 is 6.09 Å². The predicted octanol–water partition coefficient (Wildman–Crippen LogP) is 0.841. The molecule has 0 aromatic rings. The second kappa shape index (κ2) is 5.43. The Hall–Kier alpha value is -1.50. The van der Waals surface area contributed by atoms with Crippen LogP contribution in [0, 0.1) is 5.41 Å². The summed E-state index contributed by atoms with van der Waals surface area (Å²) in [6, 6.07) is -0.0431. The minimum absolute atomic E-state index is 0.0431. The lowest BCUT2D eigenvalue weighted by Crippen LogP contribution is -2.58. The van der Waals surface area contributed by atoms with Gasteiger partial charge in [-0.1, -0.05) is 0 Å². The van der Waals surface area contributed by atoms with Crippen LogP contribution >= 0.6 is 0 Å². The number of nitrogens with one attached hydrogen (secondary N) is 2. The molecule has 104 valence electrons. The molecule has 1 atom stereocenters. The van der Waals surface area contributed by atoms with E-state index in [2.05, 4.69) is 0 Å². The Labute approximate surface area is 107 Å². The summed E-state index contributed by atoms with van der Waals surface area (Å²) in [6.07, 6.45) is -0.336. The molecule has 0 bridgehead atoms.